The molecule has 2 saturated heterocycles. The predicted molar refractivity (Wildman–Crippen MR) is 158 cm³/mol. The number of carbonyl (C=O) groups is 2. The molecule has 9 nitrogen and oxygen atoms in total. The number of rotatable bonds is 10. The highest BCUT2D eigenvalue weighted by atomic mass is 19.1. The van der Waals surface area contributed by atoms with Crippen LogP contribution in [0.5, 0.6) is 5.75 Å². The number of aromatic nitrogens is 1. The van der Waals surface area contributed by atoms with E-state index in [1.54, 1.807) is 26.0 Å². The maximum Gasteiger partial charge on any atom is 0.257 e. The maximum absolute atomic E-state index is 14.7. The minimum absolute atomic E-state index is 0.0772. The van der Waals surface area contributed by atoms with Crippen LogP contribution in [-0.2, 0) is 4.74 Å². The molecule has 0 saturated carbocycles. The van der Waals surface area contributed by atoms with Crippen molar-refractivity contribution in [2.24, 2.45) is 0 Å². The summed E-state index contributed by atoms with van der Waals surface area (Å²) in [5, 5.41) is 8.78. The van der Waals surface area contributed by atoms with Gasteiger partial charge in [-0.15, -0.1) is 0 Å². The van der Waals surface area contributed by atoms with Crippen LogP contribution in [0.4, 0.5) is 14.6 Å². The van der Waals surface area contributed by atoms with Gasteiger partial charge in [0.05, 0.1) is 11.7 Å². The first kappa shape index (κ1) is 30.5. The highest BCUT2D eigenvalue weighted by molar-refractivity contribution is 6.07. The van der Waals surface area contributed by atoms with E-state index >= 15 is 0 Å². The van der Waals surface area contributed by atoms with Gasteiger partial charge < -0.3 is 25.4 Å². The van der Waals surface area contributed by atoms with Crippen LogP contribution in [0.25, 0.3) is 0 Å². The second-order valence-electron chi connectivity index (χ2n) is 11.2. The van der Waals surface area contributed by atoms with Crippen molar-refractivity contribution in [1.29, 1.82) is 0 Å². The first-order valence-corrected chi connectivity index (χ1v) is 14.5. The number of benzene rings is 2. The summed E-state index contributed by atoms with van der Waals surface area (Å²) in [7, 11) is 0. The van der Waals surface area contributed by atoms with Gasteiger partial charge in [0.15, 0.2) is 11.6 Å². The Morgan fingerprint density at radius 1 is 1.12 bits per heavy atom. The number of ether oxygens (including phenoxy) is 2. The number of piperazine rings is 1. The molecule has 2 aliphatic rings. The van der Waals surface area contributed by atoms with Crippen LogP contribution in [-0.4, -0.2) is 73.2 Å². The zero-order chi connectivity index (χ0) is 30.5. The Kier molecular flexibility index (Phi) is 9.64. The summed E-state index contributed by atoms with van der Waals surface area (Å²) in [6.07, 6.45) is 1.53. The fourth-order valence-electron chi connectivity index (χ4n) is 5.19. The van der Waals surface area contributed by atoms with E-state index in [0.29, 0.717) is 36.4 Å². The average Bonchev–Trinajstić information content (AvgIpc) is 2.94. The van der Waals surface area contributed by atoms with Gasteiger partial charge in [-0.1, -0.05) is 12.1 Å². The zero-order valence-corrected chi connectivity index (χ0v) is 24.6. The number of nitrogens with one attached hydrogen (secondary N) is 3. The molecule has 0 unspecified atom stereocenters. The summed E-state index contributed by atoms with van der Waals surface area (Å²) in [6, 6.07) is 11.0. The van der Waals surface area contributed by atoms with E-state index in [0.717, 1.165) is 26.1 Å². The number of carbonyl (C=O) groups excluding carboxylic acids is 2. The van der Waals surface area contributed by atoms with Gasteiger partial charge in [-0.3, -0.25) is 14.5 Å². The molecule has 3 aromatic rings. The SMILES string of the molecule is Cc1ccc([C@@H](CN2CCN[C@H](C)C2)Oc2cc(C)c(C(=O)Nc3ncccc3F)cc2C(=O)NC[C@H]2CCO2)cc1F. The molecule has 11 heteroatoms. The van der Waals surface area contributed by atoms with Crippen molar-refractivity contribution < 1.29 is 27.8 Å². The fourth-order valence-corrected chi connectivity index (χ4v) is 5.19. The molecule has 2 fully saturated rings. The van der Waals surface area contributed by atoms with Gasteiger partial charge in [-0.25, -0.2) is 13.8 Å². The Labute approximate surface area is 250 Å². The first-order valence-electron chi connectivity index (χ1n) is 14.5. The van der Waals surface area contributed by atoms with Crippen LogP contribution in [0.1, 0.15) is 56.9 Å². The Hall–Kier alpha value is -3.93. The van der Waals surface area contributed by atoms with Gasteiger partial charge in [0.1, 0.15) is 17.7 Å². The van der Waals surface area contributed by atoms with Crippen molar-refractivity contribution in [3.05, 3.63) is 88.1 Å². The highest BCUT2D eigenvalue weighted by Crippen LogP contribution is 2.31. The van der Waals surface area contributed by atoms with Crippen LogP contribution in [0.15, 0.2) is 48.7 Å². The Morgan fingerprint density at radius 2 is 1.93 bits per heavy atom. The molecule has 2 aromatic carbocycles. The zero-order valence-electron chi connectivity index (χ0n) is 24.6. The number of hydrogen-bond donors (Lipinski definition) is 3. The number of nitrogens with zero attached hydrogens (tertiary/aromatic N) is 2. The normalized spacial score (nSPS) is 19.3. The molecule has 0 aliphatic carbocycles. The van der Waals surface area contributed by atoms with E-state index in [1.807, 2.05) is 6.07 Å². The van der Waals surface area contributed by atoms with Crippen LogP contribution >= 0.6 is 0 Å². The largest absolute Gasteiger partial charge is 0.484 e. The summed E-state index contributed by atoms with van der Waals surface area (Å²) in [6.45, 7) is 9.31. The van der Waals surface area contributed by atoms with Crippen LogP contribution in [0.3, 0.4) is 0 Å². The minimum Gasteiger partial charge on any atom is -0.484 e. The van der Waals surface area contributed by atoms with Crippen LogP contribution in [0, 0.1) is 25.5 Å². The third-order valence-corrected chi connectivity index (χ3v) is 7.80. The summed E-state index contributed by atoms with van der Waals surface area (Å²) >= 11 is 0. The lowest BCUT2D eigenvalue weighted by molar-refractivity contribution is -0.0473. The van der Waals surface area contributed by atoms with Gasteiger partial charge in [-0.05, 0) is 74.2 Å². The lowest BCUT2D eigenvalue weighted by Crippen LogP contribution is -2.50. The molecule has 43 heavy (non-hydrogen) atoms. The molecule has 0 bridgehead atoms. The van der Waals surface area contributed by atoms with Gasteiger partial charge >= 0.3 is 0 Å². The van der Waals surface area contributed by atoms with Crippen molar-refractivity contribution in [3.8, 4) is 5.75 Å². The molecule has 3 heterocycles. The second kappa shape index (κ2) is 13.6. The van der Waals surface area contributed by atoms with Crippen molar-refractivity contribution in [2.45, 2.75) is 45.4 Å². The van der Waals surface area contributed by atoms with Gasteiger partial charge in [-0.2, -0.15) is 0 Å². The summed E-state index contributed by atoms with van der Waals surface area (Å²) in [5.41, 5.74) is 1.95. The average molecular weight is 594 g/mol. The van der Waals surface area contributed by atoms with E-state index in [9.17, 15) is 18.4 Å². The number of anilines is 1. The smallest absolute Gasteiger partial charge is 0.257 e. The second-order valence-corrected chi connectivity index (χ2v) is 11.2. The number of amides is 2. The molecule has 0 radical (unpaired) electrons. The molecular weight excluding hydrogens is 556 g/mol. The molecule has 1 aromatic heterocycles. The Bertz CT molecular complexity index is 1480. The van der Waals surface area contributed by atoms with E-state index in [2.05, 4.69) is 32.8 Å². The quantitative estimate of drug-likeness (QED) is 0.324. The van der Waals surface area contributed by atoms with Gasteiger partial charge in [0.2, 0.25) is 0 Å². The first-order chi connectivity index (χ1) is 20.7. The standard InChI is InChI=1S/C32H37F2N5O4/c1-19-6-7-22(14-27(19)34)29(18-39-11-10-35-21(3)17-39)43-28-13-20(2)24(32(41)38-30-26(33)5-4-9-36-30)15-25(28)31(40)37-16-23-8-12-42-23/h4-7,9,13-15,21,23,29,35H,8,10-12,16-18H2,1-3H3,(H,37,40)(H,36,38,41)/t21-,23-,29-/m1/s1. The molecule has 2 aliphatic heterocycles. The summed E-state index contributed by atoms with van der Waals surface area (Å²) < 4.78 is 40.9. The molecule has 3 atom stereocenters. The third-order valence-electron chi connectivity index (χ3n) is 7.80. The number of pyridine rings is 1. The van der Waals surface area contributed by atoms with Crippen molar-refractivity contribution in [3.63, 3.8) is 0 Å². The third kappa shape index (κ3) is 7.54. The van der Waals surface area contributed by atoms with Crippen LogP contribution < -0.4 is 20.7 Å². The number of aryl methyl sites for hydroxylation is 2. The van der Waals surface area contributed by atoms with E-state index in [-0.39, 0.29) is 40.7 Å². The van der Waals surface area contributed by atoms with E-state index in [4.69, 9.17) is 9.47 Å². The van der Waals surface area contributed by atoms with Crippen molar-refractivity contribution in [2.75, 3.05) is 44.6 Å². The maximum atomic E-state index is 14.7. The van der Waals surface area contributed by atoms with Crippen molar-refractivity contribution >= 4 is 17.6 Å². The molecule has 2 amide bonds. The fraction of sp³-hybridized carbons (Fsp3) is 0.406. The molecule has 0 spiro atoms. The summed E-state index contributed by atoms with van der Waals surface area (Å²) in [4.78, 5) is 32.9. The molecular formula is C32H37F2N5O4. The van der Waals surface area contributed by atoms with E-state index in [1.165, 1.54) is 30.5 Å². The Balaban J connectivity index is 1.48. The lowest BCUT2D eigenvalue weighted by atomic mass is 10.0. The lowest BCUT2D eigenvalue weighted by Gasteiger charge is -2.34. The topological polar surface area (TPSA) is 105 Å². The molecule has 3 N–H and O–H groups in total. The Morgan fingerprint density at radius 3 is 2.63 bits per heavy atom. The highest BCUT2D eigenvalue weighted by Gasteiger charge is 2.27. The predicted octanol–water partition coefficient (Wildman–Crippen LogP) is 4.16. The van der Waals surface area contributed by atoms with Crippen molar-refractivity contribution in [1.82, 2.24) is 20.5 Å². The van der Waals surface area contributed by atoms with Gasteiger partial charge in [0.25, 0.3) is 11.8 Å². The number of hydrogen-bond acceptors (Lipinski definition) is 7. The number of halogens is 2. The molecule has 228 valence electrons. The summed E-state index contributed by atoms with van der Waals surface area (Å²) in [5.74, 6) is -2.06. The van der Waals surface area contributed by atoms with Gasteiger partial charge in [0, 0.05) is 57.1 Å². The van der Waals surface area contributed by atoms with Crippen LogP contribution in [0.2, 0.25) is 0 Å². The van der Waals surface area contributed by atoms with E-state index < -0.39 is 23.7 Å². The minimum atomic E-state index is -0.678. The molecule has 5 rings (SSSR count). The monoisotopic (exact) mass is 593 g/mol.